The smallest absolute Gasteiger partial charge is 0.337 e. The number of aromatic nitrogens is 2. The largest absolute Gasteiger partial charge is 0.465 e. The van der Waals surface area contributed by atoms with Gasteiger partial charge in [0.2, 0.25) is 0 Å². The van der Waals surface area contributed by atoms with Gasteiger partial charge < -0.3 is 9.94 Å². The zero-order valence-electron chi connectivity index (χ0n) is 11.4. The molecular weight excluding hydrogens is 260 g/mol. The molecule has 0 bridgehead atoms. The van der Waals surface area contributed by atoms with Crippen molar-refractivity contribution < 1.29 is 19.5 Å². The first-order valence-corrected chi connectivity index (χ1v) is 5.94. The van der Waals surface area contributed by atoms with Crippen LogP contribution in [0.3, 0.4) is 0 Å². The maximum Gasteiger partial charge on any atom is 0.337 e. The summed E-state index contributed by atoms with van der Waals surface area (Å²) in [6.07, 6.45) is 0. The van der Waals surface area contributed by atoms with Crippen LogP contribution in [-0.4, -0.2) is 33.8 Å². The number of carbonyl (C=O) groups is 2. The minimum Gasteiger partial charge on any atom is -0.465 e. The molecule has 0 spiro atoms. The van der Waals surface area contributed by atoms with Gasteiger partial charge in [-0.05, 0) is 19.1 Å². The van der Waals surface area contributed by atoms with Gasteiger partial charge in [-0.25, -0.2) is 9.78 Å². The normalized spacial score (nSPS) is 10.3. The van der Waals surface area contributed by atoms with Gasteiger partial charge in [0.15, 0.2) is 11.6 Å². The van der Waals surface area contributed by atoms with E-state index in [1.807, 2.05) is 0 Å². The second kappa shape index (κ2) is 5.16. The van der Waals surface area contributed by atoms with Crippen molar-refractivity contribution in [1.29, 1.82) is 0 Å². The number of benzene rings is 1. The number of rotatable bonds is 3. The molecule has 1 aromatic heterocycles. The van der Waals surface area contributed by atoms with Crippen molar-refractivity contribution in [2.45, 2.75) is 13.8 Å². The number of carbonyl (C=O) groups excluding carboxylic acids is 2. The molecule has 1 N–H and O–H groups in total. The first-order valence-electron chi connectivity index (χ1n) is 5.94. The van der Waals surface area contributed by atoms with Crippen LogP contribution in [-0.2, 0) is 4.74 Å². The standard InChI is InChI=1S/C14H14N2O4/c1-8-12(9(2)17)16(19)13(15-8)10-4-6-11(7-5-10)14(18)20-3/h4-7,19H,1-3H3. The van der Waals surface area contributed by atoms with Gasteiger partial charge in [-0.15, -0.1) is 0 Å². The van der Waals surface area contributed by atoms with Crippen molar-refractivity contribution in [2.75, 3.05) is 7.11 Å². The lowest BCUT2D eigenvalue weighted by Crippen LogP contribution is -2.05. The second-order valence-electron chi connectivity index (χ2n) is 4.31. The Morgan fingerprint density at radius 3 is 2.30 bits per heavy atom. The summed E-state index contributed by atoms with van der Waals surface area (Å²) in [7, 11) is 1.30. The Kier molecular flexibility index (Phi) is 3.56. The average molecular weight is 274 g/mol. The van der Waals surface area contributed by atoms with Crippen molar-refractivity contribution >= 4 is 11.8 Å². The van der Waals surface area contributed by atoms with Crippen LogP contribution in [0.25, 0.3) is 11.4 Å². The minimum absolute atomic E-state index is 0.150. The number of aryl methyl sites for hydroxylation is 1. The highest BCUT2D eigenvalue weighted by Crippen LogP contribution is 2.22. The molecule has 0 radical (unpaired) electrons. The predicted octanol–water partition coefficient (Wildman–Crippen LogP) is 2.09. The Morgan fingerprint density at radius 2 is 1.85 bits per heavy atom. The molecule has 0 aliphatic carbocycles. The van der Waals surface area contributed by atoms with Gasteiger partial charge >= 0.3 is 5.97 Å². The molecular formula is C14H14N2O4. The van der Waals surface area contributed by atoms with E-state index in [0.717, 1.165) is 4.73 Å². The topological polar surface area (TPSA) is 81.4 Å². The fraction of sp³-hybridized carbons (Fsp3) is 0.214. The van der Waals surface area contributed by atoms with Crippen LogP contribution in [0.1, 0.15) is 33.5 Å². The second-order valence-corrected chi connectivity index (χ2v) is 4.31. The number of imidazole rings is 1. The lowest BCUT2D eigenvalue weighted by Gasteiger charge is -2.03. The molecule has 0 unspecified atom stereocenters. The minimum atomic E-state index is -0.440. The molecule has 104 valence electrons. The summed E-state index contributed by atoms with van der Waals surface area (Å²) < 4.78 is 5.38. The summed E-state index contributed by atoms with van der Waals surface area (Å²) in [5, 5.41) is 10.00. The van der Waals surface area contributed by atoms with E-state index < -0.39 is 5.97 Å². The zero-order valence-corrected chi connectivity index (χ0v) is 11.4. The maximum absolute atomic E-state index is 11.4. The zero-order chi connectivity index (χ0) is 14.9. The van der Waals surface area contributed by atoms with Gasteiger partial charge in [-0.2, -0.15) is 4.73 Å². The van der Waals surface area contributed by atoms with Gasteiger partial charge in [-0.3, -0.25) is 4.79 Å². The van der Waals surface area contributed by atoms with Crippen molar-refractivity contribution in [2.24, 2.45) is 0 Å². The predicted molar refractivity (Wildman–Crippen MR) is 70.9 cm³/mol. The molecule has 20 heavy (non-hydrogen) atoms. The Bertz CT molecular complexity index is 671. The Labute approximate surface area is 115 Å². The van der Waals surface area contributed by atoms with Crippen molar-refractivity contribution in [3.05, 3.63) is 41.2 Å². The molecule has 6 nitrogen and oxygen atoms in total. The molecule has 0 saturated carbocycles. The molecule has 0 fully saturated rings. The molecule has 2 aromatic rings. The third-order valence-corrected chi connectivity index (χ3v) is 2.93. The third kappa shape index (κ3) is 2.27. The summed E-state index contributed by atoms with van der Waals surface area (Å²) in [4.78, 5) is 26.9. The number of Topliss-reactive ketones (excluding diaryl/α,β-unsaturated/α-hetero) is 1. The van der Waals surface area contributed by atoms with E-state index in [0.29, 0.717) is 16.8 Å². The van der Waals surface area contributed by atoms with Crippen LogP contribution in [0.4, 0.5) is 0 Å². The van der Waals surface area contributed by atoms with Gasteiger partial charge in [0, 0.05) is 12.5 Å². The van der Waals surface area contributed by atoms with Crippen LogP contribution >= 0.6 is 0 Å². The van der Waals surface area contributed by atoms with Crippen molar-refractivity contribution in [1.82, 2.24) is 9.71 Å². The molecule has 0 atom stereocenters. The lowest BCUT2D eigenvalue weighted by atomic mass is 10.1. The fourth-order valence-corrected chi connectivity index (χ4v) is 1.98. The third-order valence-electron chi connectivity index (χ3n) is 2.93. The van der Waals surface area contributed by atoms with E-state index in [1.54, 1.807) is 31.2 Å². The Morgan fingerprint density at radius 1 is 1.25 bits per heavy atom. The van der Waals surface area contributed by atoms with E-state index in [-0.39, 0.29) is 17.3 Å². The van der Waals surface area contributed by atoms with E-state index in [4.69, 9.17) is 0 Å². The summed E-state index contributed by atoms with van der Waals surface area (Å²) in [5.74, 6) is -0.455. The molecule has 0 aliphatic rings. The van der Waals surface area contributed by atoms with Gasteiger partial charge in [-0.1, -0.05) is 12.1 Å². The summed E-state index contributed by atoms with van der Waals surface area (Å²) in [5.41, 5.74) is 1.59. The first-order chi connectivity index (χ1) is 9.45. The van der Waals surface area contributed by atoms with Crippen LogP contribution in [0.2, 0.25) is 0 Å². The van der Waals surface area contributed by atoms with Gasteiger partial charge in [0.05, 0.1) is 18.4 Å². The number of ketones is 1. The van der Waals surface area contributed by atoms with E-state index in [1.165, 1.54) is 14.0 Å². The molecule has 2 rings (SSSR count). The number of hydrogen-bond donors (Lipinski definition) is 1. The van der Waals surface area contributed by atoms with Gasteiger partial charge in [0.25, 0.3) is 0 Å². The van der Waals surface area contributed by atoms with E-state index >= 15 is 0 Å². The number of methoxy groups -OCH3 is 1. The molecule has 0 aliphatic heterocycles. The number of ether oxygens (including phenoxy) is 1. The molecule has 0 saturated heterocycles. The summed E-state index contributed by atoms with van der Waals surface area (Å²) in [6.45, 7) is 3.01. The highest BCUT2D eigenvalue weighted by Gasteiger charge is 2.18. The number of nitrogens with zero attached hydrogens (tertiary/aromatic N) is 2. The van der Waals surface area contributed by atoms with Crippen LogP contribution in [0, 0.1) is 6.92 Å². The Hall–Kier alpha value is -2.63. The maximum atomic E-state index is 11.4. The van der Waals surface area contributed by atoms with Crippen molar-refractivity contribution in [3.8, 4) is 11.4 Å². The lowest BCUT2D eigenvalue weighted by molar-refractivity contribution is 0.0600. The summed E-state index contributed by atoms with van der Waals surface area (Å²) >= 11 is 0. The summed E-state index contributed by atoms with van der Waals surface area (Å²) in [6, 6.07) is 6.40. The highest BCUT2D eigenvalue weighted by molar-refractivity contribution is 5.94. The van der Waals surface area contributed by atoms with Gasteiger partial charge in [0.1, 0.15) is 5.69 Å². The van der Waals surface area contributed by atoms with Crippen molar-refractivity contribution in [3.63, 3.8) is 0 Å². The first kappa shape index (κ1) is 13.8. The quantitative estimate of drug-likeness (QED) is 0.526. The number of hydrogen-bond acceptors (Lipinski definition) is 5. The average Bonchev–Trinajstić information content (AvgIpc) is 2.73. The van der Waals surface area contributed by atoms with E-state index in [9.17, 15) is 14.8 Å². The van der Waals surface area contributed by atoms with Crippen LogP contribution < -0.4 is 0 Å². The Balaban J connectivity index is 2.45. The molecule has 1 aromatic carbocycles. The van der Waals surface area contributed by atoms with Crippen LogP contribution in [0.15, 0.2) is 24.3 Å². The SMILES string of the molecule is COC(=O)c1ccc(-c2nc(C)c(C(C)=O)n2O)cc1. The number of esters is 1. The molecule has 0 amide bonds. The fourth-order valence-electron chi connectivity index (χ4n) is 1.98. The van der Waals surface area contributed by atoms with E-state index in [2.05, 4.69) is 9.72 Å². The molecule has 1 heterocycles. The monoisotopic (exact) mass is 274 g/mol. The van der Waals surface area contributed by atoms with Crippen LogP contribution in [0.5, 0.6) is 0 Å². The molecule has 6 heteroatoms. The highest BCUT2D eigenvalue weighted by atomic mass is 16.5.